The number of carbonyl (C=O) groups excluding carboxylic acids is 1. The normalized spacial score (nSPS) is 14.2. The summed E-state index contributed by atoms with van der Waals surface area (Å²) in [6.45, 7) is 2.62. The Balaban J connectivity index is 1.23. The van der Waals surface area contributed by atoms with Crippen LogP contribution >= 0.6 is 0 Å². The Hall–Kier alpha value is -3.23. The summed E-state index contributed by atoms with van der Waals surface area (Å²) in [5.74, 6) is -0.193. The fraction of sp³-hybridized carbons (Fsp3) is 0.296. The van der Waals surface area contributed by atoms with E-state index in [1.807, 2.05) is 46.2 Å². The van der Waals surface area contributed by atoms with E-state index in [-0.39, 0.29) is 16.6 Å². The Morgan fingerprint density at radius 3 is 2.11 bits per heavy atom. The van der Waals surface area contributed by atoms with E-state index in [9.17, 15) is 17.6 Å². The quantitative estimate of drug-likeness (QED) is 0.492. The fourth-order valence-electron chi connectivity index (χ4n) is 4.21. The van der Waals surface area contributed by atoms with Gasteiger partial charge < -0.3 is 9.80 Å². The van der Waals surface area contributed by atoms with Crippen LogP contribution in [0.25, 0.3) is 0 Å². The molecule has 0 radical (unpaired) electrons. The lowest BCUT2D eigenvalue weighted by atomic mass is 10.1. The molecule has 0 spiro atoms. The van der Waals surface area contributed by atoms with Crippen molar-refractivity contribution in [3.05, 3.63) is 95.8 Å². The highest BCUT2D eigenvalue weighted by atomic mass is 32.2. The van der Waals surface area contributed by atoms with E-state index < -0.39 is 10.0 Å². The number of rotatable bonds is 9. The summed E-state index contributed by atoms with van der Waals surface area (Å²) in [5.41, 5.74) is 2.56. The summed E-state index contributed by atoms with van der Waals surface area (Å²) in [7, 11) is -3.58. The second-order valence-electron chi connectivity index (χ2n) is 8.60. The molecule has 1 aliphatic heterocycles. The van der Waals surface area contributed by atoms with Crippen molar-refractivity contribution < 1.29 is 17.6 Å². The molecule has 184 valence electrons. The lowest BCUT2D eigenvalue weighted by Crippen LogP contribution is -2.49. The molecular weight excluding hydrogens is 465 g/mol. The molecule has 0 aromatic heterocycles. The van der Waals surface area contributed by atoms with Gasteiger partial charge in [0.15, 0.2) is 0 Å². The van der Waals surface area contributed by atoms with E-state index in [1.165, 1.54) is 6.07 Å². The lowest BCUT2D eigenvalue weighted by molar-refractivity contribution is -0.131. The van der Waals surface area contributed by atoms with Gasteiger partial charge >= 0.3 is 0 Å². The van der Waals surface area contributed by atoms with E-state index in [2.05, 4.69) is 4.72 Å². The maximum absolute atomic E-state index is 14.0. The molecule has 0 aliphatic carbocycles. The molecule has 35 heavy (non-hydrogen) atoms. The Morgan fingerprint density at radius 2 is 1.43 bits per heavy atom. The van der Waals surface area contributed by atoms with E-state index in [4.69, 9.17) is 0 Å². The molecule has 1 N–H and O–H groups in total. The van der Waals surface area contributed by atoms with Gasteiger partial charge in [0.2, 0.25) is 15.9 Å². The minimum atomic E-state index is -3.58. The number of hydrogen-bond donors (Lipinski definition) is 1. The van der Waals surface area contributed by atoms with Gasteiger partial charge in [0.25, 0.3) is 0 Å². The predicted octanol–water partition coefficient (Wildman–Crippen LogP) is 3.63. The number of piperazine rings is 1. The summed E-state index contributed by atoms with van der Waals surface area (Å²) in [4.78, 5) is 16.7. The predicted molar refractivity (Wildman–Crippen MR) is 135 cm³/mol. The molecule has 1 fully saturated rings. The standard InChI is InChI=1S/C27H30FN3O3S/c28-25-8-4-5-9-26(25)30-18-20-31(21-19-30)27(32)15-12-23-10-13-24(14-11-23)35(33,34)29-17-16-22-6-2-1-3-7-22/h1-11,13-14,29H,12,15-21H2. The first-order valence-corrected chi connectivity index (χ1v) is 13.3. The zero-order chi connectivity index (χ0) is 24.7. The molecular formula is C27H30FN3O3S. The average molecular weight is 496 g/mol. The highest BCUT2D eigenvalue weighted by molar-refractivity contribution is 7.89. The first-order valence-electron chi connectivity index (χ1n) is 11.8. The molecule has 6 nitrogen and oxygen atoms in total. The van der Waals surface area contributed by atoms with Crippen LogP contribution in [0.15, 0.2) is 83.8 Å². The number of nitrogens with one attached hydrogen (secondary N) is 1. The van der Waals surface area contributed by atoms with Gasteiger partial charge in [-0.05, 0) is 48.2 Å². The molecule has 0 bridgehead atoms. The molecule has 1 aliphatic rings. The van der Waals surface area contributed by atoms with Crippen molar-refractivity contribution in [3.63, 3.8) is 0 Å². The molecule has 8 heteroatoms. The number of hydrogen-bond acceptors (Lipinski definition) is 4. The molecule has 1 amide bonds. The lowest BCUT2D eigenvalue weighted by Gasteiger charge is -2.36. The summed E-state index contributed by atoms with van der Waals surface area (Å²) in [6, 6.07) is 23.1. The number of amides is 1. The Morgan fingerprint density at radius 1 is 0.800 bits per heavy atom. The zero-order valence-electron chi connectivity index (χ0n) is 19.6. The number of anilines is 1. The van der Waals surface area contributed by atoms with Gasteiger partial charge in [0, 0.05) is 39.1 Å². The number of para-hydroxylation sites is 1. The third kappa shape index (κ3) is 6.68. The van der Waals surface area contributed by atoms with Crippen LogP contribution in [0.1, 0.15) is 17.5 Å². The van der Waals surface area contributed by atoms with Crippen molar-refractivity contribution in [3.8, 4) is 0 Å². The van der Waals surface area contributed by atoms with Crippen molar-refractivity contribution in [2.45, 2.75) is 24.2 Å². The number of halogens is 1. The Bertz CT molecular complexity index is 1230. The van der Waals surface area contributed by atoms with Gasteiger partial charge in [0.05, 0.1) is 10.6 Å². The molecule has 4 rings (SSSR count). The third-order valence-electron chi connectivity index (χ3n) is 6.24. The molecule has 3 aromatic rings. The molecule has 1 saturated heterocycles. The van der Waals surface area contributed by atoms with Crippen LogP contribution in [0.3, 0.4) is 0 Å². The highest BCUT2D eigenvalue weighted by Crippen LogP contribution is 2.20. The maximum Gasteiger partial charge on any atom is 0.240 e. The molecule has 0 atom stereocenters. The van der Waals surface area contributed by atoms with E-state index in [1.54, 1.807) is 36.4 Å². The minimum absolute atomic E-state index is 0.0532. The topological polar surface area (TPSA) is 69.7 Å². The maximum atomic E-state index is 14.0. The number of sulfonamides is 1. The van der Waals surface area contributed by atoms with Crippen LogP contribution in [-0.4, -0.2) is 51.9 Å². The van der Waals surface area contributed by atoms with Gasteiger partial charge in [-0.15, -0.1) is 0 Å². The minimum Gasteiger partial charge on any atom is -0.366 e. The zero-order valence-corrected chi connectivity index (χ0v) is 20.4. The third-order valence-corrected chi connectivity index (χ3v) is 7.71. The van der Waals surface area contributed by atoms with Crippen LogP contribution in [0.2, 0.25) is 0 Å². The Kier molecular flexibility index (Phi) is 8.15. The van der Waals surface area contributed by atoms with E-state index in [0.29, 0.717) is 57.7 Å². The second kappa shape index (κ2) is 11.5. The number of nitrogens with zero attached hydrogens (tertiary/aromatic N) is 2. The summed E-state index contributed by atoms with van der Waals surface area (Å²) in [5, 5.41) is 0. The number of benzene rings is 3. The van der Waals surface area contributed by atoms with Gasteiger partial charge in [-0.1, -0.05) is 54.6 Å². The van der Waals surface area contributed by atoms with Gasteiger partial charge in [-0.25, -0.2) is 17.5 Å². The van der Waals surface area contributed by atoms with Crippen LogP contribution in [0, 0.1) is 5.82 Å². The van der Waals surface area contributed by atoms with Gasteiger partial charge in [-0.3, -0.25) is 4.79 Å². The molecule has 1 heterocycles. The monoisotopic (exact) mass is 495 g/mol. The van der Waals surface area contributed by atoms with E-state index in [0.717, 1.165) is 11.1 Å². The van der Waals surface area contributed by atoms with Crippen LogP contribution in [-0.2, 0) is 27.7 Å². The molecule has 0 unspecified atom stereocenters. The van der Waals surface area contributed by atoms with E-state index >= 15 is 0 Å². The SMILES string of the molecule is O=C(CCc1ccc(S(=O)(=O)NCCc2ccccc2)cc1)N1CCN(c2ccccc2F)CC1. The first kappa shape index (κ1) is 24.9. The first-order chi connectivity index (χ1) is 16.9. The smallest absolute Gasteiger partial charge is 0.240 e. The summed E-state index contributed by atoms with van der Waals surface area (Å²) >= 11 is 0. The summed E-state index contributed by atoms with van der Waals surface area (Å²) in [6.07, 6.45) is 1.50. The van der Waals surface area contributed by atoms with Crippen molar-refractivity contribution in [2.24, 2.45) is 0 Å². The van der Waals surface area contributed by atoms with Crippen LogP contribution in [0.4, 0.5) is 10.1 Å². The van der Waals surface area contributed by atoms with Crippen molar-refractivity contribution in [1.29, 1.82) is 0 Å². The fourth-order valence-corrected chi connectivity index (χ4v) is 5.24. The Labute approximate surface area is 206 Å². The van der Waals surface area contributed by atoms with Crippen LogP contribution in [0.5, 0.6) is 0 Å². The van der Waals surface area contributed by atoms with Crippen molar-refractivity contribution >= 4 is 21.6 Å². The van der Waals surface area contributed by atoms with Crippen molar-refractivity contribution in [2.75, 3.05) is 37.6 Å². The van der Waals surface area contributed by atoms with Gasteiger partial charge in [0.1, 0.15) is 5.82 Å². The number of aryl methyl sites for hydroxylation is 1. The largest absolute Gasteiger partial charge is 0.366 e. The van der Waals surface area contributed by atoms with Crippen LogP contribution < -0.4 is 9.62 Å². The molecule has 0 saturated carbocycles. The second-order valence-corrected chi connectivity index (χ2v) is 10.4. The highest BCUT2D eigenvalue weighted by Gasteiger charge is 2.22. The average Bonchev–Trinajstić information content (AvgIpc) is 2.88. The molecule has 3 aromatic carbocycles. The van der Waals surface area contributed by atoms with Crippen molar-refractivity contribution in [1.82, 2.24) is 9.62 Å². The van der Waals surface area contributed by atoms with Gasteiger partial charge in [-0.2, -0.15) is 0 Å². The summed E-state index contributed by atoms with van der Waals surface area (Å²) < 4.78 is 41.8. The number of carbonyl (C=O) groups is 1.